The van der Waals surface area contributed by atoms with E-state index in [4.69, 9.17) is 33.3 Å². The molecule has 2 aromatic rings. The summed E-state index contributed by atoms with van der Waals surface area (Å²) in [4.78, 5) is 27.3. The monoisotopic (exact) mass is 1060 g/mol. The highest BCUT2D eigenvalue weighted by molar-refractivity contribution is 5.89. The van der Waals surface area contributed by atoms with Crippen molar-refractivity contribution in [2.24, 2.45) is 28.8 Å². The van der Waals surface area contributed by atoms with E-state index >= 15 is 0 Å². The van der Waals surface area contributed by atoms with Gasteiger partial charge in [0.2, 0.25) is 0 Å². The highest BCUT2D eigenvalue weighted by Crippen LogP contribution is 2.41. The van der Waals surface area contributed by atoms with Gasteiger partial charge in [0.15, 0.2) is 12.6 Å². The summed E-state index contributed by atoms with van der Waals surface area (Å²) in [6, 6.07) is 14.1. The number of nitrogens with zero attached hydrogens (tertiary/aromatic N) is 4. The van der Waals surface area contributed by atoms with Gasteiger partial charge in [-0.2, -0.15) is 0 Å². The number of ether oxygens (including phenoxy) is 6. The third-order valence-corrected chi connectivity index (χ3v) is 16.8. The topological polar surface area (TPSA) is 225 Å². The van der Waals surface area contributed by atoms with Crippen LogP contribution in [0.2, 0.25) is 0 Å². The molecule has 0 amide bonds. The van der Waals surface area contributed by atoms with Crippen molar-refractivity contribution >= 4 is 22.5 Å². The molecule has 4 aliphatic rings. The van der Waals surface area contributed by atoms with Gasteiger partial charge in [0.1, 0.15) is 30.5 Å². The highest BCUT2D eigenvalue weighted by atomic mass is 16.7. The van der Waals surface area contributed by atoms with E-state index in [9.17, 15) is 35.4 Å². The summed E-state index contributed by atoms with van der Waals surface area (Å²) >= 11 is 0. The molecule has 18 heteroatoms. The summed E-state index contributed by atoms with van der Waals surface area (Å²) < 4.78 is 38.6. The van der Waals surface area contributed by atoms with Gasteiger partial charge in [-0.3, -0.25) is 19.5 Å². The van der Waals surface area contributed by atoms with Crippen LogP contribution in [-0.4, -0.2) is 208 Å². The number of oxime groups is 1. The van der Waals surface area contributed by atoms with Crippen molar-refractivity contribution in [1.82, 2.24) is 14.7 Å². The fraction of sp³-hybridized carbons (Fsp3) is 0.754. The number of rotatable bonds is 16. The molecular weight excluding hydrogens is 965 g/mol. The van der Waals surface area contributed by atoms with Crippen LogP contribution in [0.5, 0.6) is 0 Å². The van der Waals surface area contributed by atoms with Gasteiger partial charge in [0.05, 0.1) is 60.0 Å². The number of fused-ring (bicyclic) bond motifs is 1. The van der Waals surface area contributed by atoms with Gasteiger partial charge in [0, 0.05) is 83.1 Å². The van der Waals surface area contributed by atoms with Gasteiger partial charge in [-0.25, -0.2) is 0 Å². The smallest absolute Gasteiger partial charge is 0.311 e. The quantitative estimate of drug-likeness (QED) is 0.0590. The molecule has 0 saturated carbocycles. The summed E-state index contributed by atoms with van der Waals surface area (Å²) in [6.45, 7) is 22.9. The van der Waals surface area contributed by atoms with Gasteiger partial charge in [-0.15, -0.1) is 0 Å². The van der Waals surface area contributed by atoms with Gasteiger partial charge in [0.25, 0.3) is 0 Å². The first-order valence-electron chi connectivity index (χ1n) is 27.4. The molecule has 0 bridgehead atoms. The van der Waals surface area contributed by atoms with E-state index in [0.29, 0.717) is 31.8 Å². The molecule has 18 atom stereocenters. The lowest BCUT2D eigenvalue weighted by molar-refractivity contribution is -0.318. The van der Waals surface area contributed by atoms with Crippen molar-refractivity contribution in [1.29, 1.82) is 0 Å². The molecule has 6 N–H and O–H groups in total. The Labute approximate surface area is 445 Å². The second kappa shape index (κ2) is 26.6. The molecule has 18 nitrogen and oxygen atoms in total. The van der Waals surface area contributed by atoms with Crippen molar-refractivity contribution in [3.05, 3.63) is 60.2 Å². The first kappa shape index (κ1) is 61.0. The number of carbonyl (C=O) groups excluding carboxylic acids is 1. The van der Waals surface area contributed by atoms with E-state index in [2.05, 4.69) is 50.2 Å². The Morgan fingerprint density at radius 1 is 0.867 bits per heavy atom. The molecule has 0 aliphatic carbocycles. The number of hydrogen-bond donors (Lipinski definition) is 6. The fourth-order valence-electron chi connectivity index (χ4n) is 12.0. The van der Waals surface area contributed by atoms with Crippen molar-refractivity contribution < 1.29 is 68.7 Å². The predicted molar refractivity (Wildman–Crippen MR) is 285 cm³/mol. The molecule has 0 unspecified atom stereocenters. The summed E-state index contributed by atoms with van der Waals surface area (Å²) in [6.07, 6.45) is -6.00. The molecule has 0 radical (unpaired) electrons. The van der Waals surface area contributed by atoms with Crippen LogP contribution in [0.1, 0.15) is 100 Å². The van der Waals surface area contributed by atoms with Crippen LogP contribution in [0.25, 0.3) is 10.8 Å². The Morgan fingerprint density at radius 3 is 2.21 bits per heavy atom. The average molecular weight is 1060 g/mol. The van der Waals surface area contributed by atoms with E-state index in [1.807, 2.05) is 52.1 Å². The van der Waals surface area contributed by atoms with E-state index in [1.165, 1.54) is 14.0 Å². The van der Waals surface area contributed by atoms with Gasteiger partial charge in [-0.1, -0.05) is 75.3 Å². The molecule has 4 fully saturated rings. The molecule has 6 rings (SSSR count). The lowest BCUT2D eigenvalue weighted by atomic mass is 9.73. The van der Waals surface area contributed by atoms with Gasteiger partial charge in [-0.05, 0) is 96.3 Å². The second-order valence-corrected chi connectivity index (χ2v) is 22.9. The van der Waals surface area contributed by atoms with Crippen molar-refractivity contribution in [2.75, 3.05) is 66.6 Å². The van der Waals surface area contributed by atoms with Crippen LogP contribution in [0.4, 0.5) is 0 Å². The minimum atomic E-state index is -1.98. The summed E-state index contributed by atoms with van der Waals surface area (Å²) in [5.41, 5.74) is -3.44. The standard InChI is InChI=1S/C57H92N4O14/c1-13-45-57(10,68)50(64)37(4)47(58-70-29-17-16-22-60-23-25-61(26-24-60)27-28-62)35(2)32-55(8,67)52(38(5)49(39(6)53(66)73-45)74-46-33-56(9,69-12)51(65)40(7)72-46)75-54-48(63)44(30-36(3)71-54)59(11)34-41-20-21-42-18-14-15-19-43(42)31-41/h14-21,31,35-40,44-46,48-52,54,62-65,67-68H,13,22-30,32-34H2,1-12H3/b17-16+,58-47+/t35-,36-,37+,38+,39-,40+,44+,45-,46+,48-,49+,50-,51+,52-,54+,55+,56-,57-/m1/s1. The Kier molecular flexibility index (Phi) is 21.7. The molecule has 75 heavy (non-hydrogen) atoms. The van der Waals surface area contributed by atoms with E-state index < -0.39 is 108 Å². The number of esters is 1. The number of piperazine rings is 1. The van der Waals surface area contributed by atoms with E-state index in [1.54, 1.807) is 41.5 Å². The number of cyclic esters (lactones) is 1. The maximum absolute atomic E-state index is 14.7. The van der Waals surface area contributed by atoms with Crippen LogP contribution in [0, 0.1) is 23.7 Å². The third kappa shape index (κ3) is 14.9. The minimum absolute atomic E-state index is 0.0289. The first-order chi connectivity index (χ1) is 35.4. The molecule has 2 aromatic carbocycles. The number of methoxy groups -OCH3 is 1. The summed E-state index contributed by atoms with van der Waals surface area (Å²) in [7, 11) is 3.47. The molecule has 4 aliphatic heterocycles. The number of likely N-dealkylation sites (N-methyl/N-ethyl adjacent to an activating group) is 1. The van der Waals surface area contributed by atoms with Crippen molar-refractivity contribution in [3.8, 4) is 0 Å². The average Bonchev–Trinajstić information content (AvgIpc) is 3.37. The zero-order valence-electron chi connectivity index (χ0n) is 46.8. The first-order valence-corrected chi connectivity index (χ1v) is 27.4. The SMILES string of the molecule is CC[C@H]1OC(=O)[C@H](C)[C@@H](O[C@H]2C[C@@](C)(OC)[C@@H](O)[C@H](C)O2)[C@H](C)[C@@H](O[C@@H]2O[C@H](C)C[C@H](N(C)Cc3ccc4ccccc4c3)[C@H]2O)[C@@](C)(O)C[C@@H](C)/C(=N\OC/C=C/CN2CCN(CCO)CC2)[C@H](C)[C@@H](O)[C@]1(C)O. The lowest BCUT2D eigenvalue weighted by Crippen LogP contribution is -2.61. The Balaban J connectivity index is 1.35. The number of benzene rings is 2. The molecule has 424 valence electrons. The zero-order chi connectivity index (χ0) is 55.0. The molecule has 4 saturated heterocycles. The van der Waals surface area contributed by atoms with Gasteiger partial charge >= 0.3 is 5.97 Å². The largest absolute Gasteiger partial charge is 0.459 e. The number of aliphatic hydroxyl groups is 6. The Hall–Kier alpha value is -3.18. The minimum Gasteiger partial charge on any atom is -0.459 e. The number of aliphatic hydroxyl groups excluding tert-OH is 4. The highest BCUT2D eigenvalue weighted by Gasteiger charge is 2.53. The third-order valence-electron chi connectivity index (χ3n) is 16.8. The van der Waals surface area contributed by atoms with E-state index in [0.717, 1.165) is 42.5 Å². The zero-order valence-corrected chi connectivity index (χ0v) is 46.8. The fourth-order valence-corrected chi connectivity index (χ4v) is 12.0. The van der Waals surface area contributed by atoms with Crippen molar-refractivity contribution in [2.45, 2.75) is 186 Å². The second-order valence-electron chi connectivity index (χ2n) is 22.9. The van der Waals surface area contributed by atoms with Crippen molar-refractivity contribution in [3.63, 3.8) is 0 Å². The van der Waals surface area contributed by atoms with Crippen LogP contribution in [0.15, 0.2) is 59.8 Å². The summed E-state index contributed by atoms with van der Waals surface area (Å²) in [5.74, 6) is -4.20. The maximum Gasteiger partial charge on any atom is 0.311 e. The lowest BCUT2D eigenvalue weighted by Gasteiger charge is -2.49. The Morgan fingerprint density at radius 2 is 1.55 bits per heavy atom. The molecular formula is C57H92N4O14. The number of hydrogen-bond acceptors (Lipinski definition) is 18. The number of carbonyl (C=O) groups is 1. The van der Waals surface area contributed by atoms with Crippen LogP contribution in [0.3, 0.4) is 0 Å². The van der Waals surface area contributed by atoms with Crippen LogP contribution in [-0.2, 0) is 44.6 Å². The maximum atomic E-state index is 14.7. The number of β-amino-alcohol motifs (C(OH)–C–C–N with tert-alkyl or cyclic N) is 1. The Bertz CT molecular complexity index is 2170. The molecule has 4 heterocycles. The molecule has 0 spiro atoms. The molecule has 0 aromatic heterocycles. The predicted octanol–water partition coefficient (Wildman–Crippen LogP) is 4.48. The van der Waals surface area contributed by atoms with Crippen LogP contribution >= 0.6 is 0 Å². The van der Waals surface area contributed by atoms with Crippen LogP contribution < -0.4 is 0 Å². The van der Waals surface area contributed by atoms with E-state index in [-0.39, 0.29) is 38.6 Å². The van der Waals surface area contributed by atoms with Gasteiger partial charge < -0.3 is 63.9 Å². The normalized spacial score (nSPS) is 40.0. The summed E-state index contributed by atoms with van der Waals surface area (Å²) in [5, 5.41) is 77.3.